The van der Waals surface area contributed by atoms with Crippen molar-refractivity contribution in [2.24, 2.45) is 17.8 Å². The van der Waals surface area contributed by atoms with Crippen molar-refractivity contribution >= 4 is 11.6 Å². The Balaban J connectivity index is 1.65. The van der Waals surface area contributed by atoms with Crippen LogP contribution in [-0.4, -0.2) is 37.0 Å². The number of allylic oxidation sites excluding steroid dienone is 1. The molecule has 7 heteroatoms. The third-order valence-corrected chi connectivity index (χ3v) is 6.28. The average molecular weight is 355 g/mol. The fourth-order valence-electron chi connectivity index (χ4n) is 4.79. The van der Waals surface area contributed by atoms with Gasteiger partial charge in [-0.05, 0) is 27.2 Å². The van der Waals surface area contributed by atoms with Crippen LogP contribution < -0.4 is 21.4 Å². The molecule has 24 heavy (non-hydrogen) atoms. The highest BCUT2D eigenvalue weighted by molar-refractivity contribution is 6.22. The van der Waals surface area contributed by atoms with Crippen LogP contribution in [0.5, 0.6) is 0 Å². The molecule has 1 fully saturated rings. The van der Waals surface area contributed by atoms with Crippen molar-refractivity contribution in [3.8, 4) is 0 Å². The molecule has 0 aromatic heterocycles. The standard InChI is InChI=1S/C17H27ClN4O2/c1-7-14(8(2)24-22-7)11-5-12-10(6-13(11)23-4)15-16(18)19-9(3)20-17(15)21-12/h5,7-11,13-14,16,19-22H,6H2,1-4H3. The van der Waals surface area contributed by atoms with Gasteiger partial charge in [-0.2, -0.15) is 5.48 Å². The second kappa shape index (κ2) is 6.18. The van der Waals surface area contributed by atoms with Crippen LogP contribution >= 0.6 is 11.6 Å². The summed E-state index contributed by atoms with van der Waals surface area (Å²) in [5, 5.41) is 10.4. The Bertz CT molecular complexity index is 571. The van der Waals surface area contributed by atoms with Gasteiger partial charge in [-0.3, -0.25) is 10.2 Å². The minimum absolute atomic E-state index is 0.150. The molecule has 0 bridgehead atoms. The highest BCUT2D eigenvalue weighted by Gasteiger charge is 2.47. The number of halogens is 1. The van der Waals surface area contributed by atoms with Crippen LogP contribution in [-0.2, 0) is 9.57 Å². The summed E-state index contributed by atoms with van der Waals surface area (Å²) in [6, 6.07) is 0.306. The molecule has 0 amide bonds. The van der Waals surface area contributed by atoms with Gasteiger partial charge in [0.25, 0.3) is 0 Å². The SMILES string of the molecule is COC1CC2C(=CC1C1C(C)NOC1C)NC1=C2C(Cl)NC(C)N1. The minimum Gasteiger partial charge on any atom is -0.381 e. The van der Waals surface area contributed by atoms with E-state index < -0.39 is 0 Å². The van der Waals surface area contributed by atoms with Gasteiger partial charge in [-0.1, -0.05) is 6.08 Å². The Morgan fingerprint density at radius 1 is 1.29 bits per heavy atom. The normalized spacial score (nSPS) is 47.6. The molecule has 4 aliphatic rings. The number of hydrogen-bond donors (Lipinski definition) is 4. The van der Waals surface area contributed by atoms with Crippen LogP contribution in [0, 0.1) is 17.8 Å². The maximum absolute atomic E-state index is 6.59. The molecule has 3 heterocycles. The van der Waals surface area contributed by atoms with Crippen LogP contribution in [0.3, 0.4) is 0 Å². The average Bonchev–Trinajstić information content (AvgIpc) is 3.05. The number of rotatable bonds is 2. The maximum Gasteiger partial charge on any atom is 0.110 e. The van der Waals surface area contributed by atoms with E-state index in [0.29, 0.717) is 17.9 Å². The van der Waals surface area contributed by atoms with Crippen molar-refractivity contribution in [1.82, 2.24) is 21.4 Å². The Hall–Kier alpha value is -0.790. The summed E-state index contributed by atoms with van der Waals surface area (Å²) in [7, 11) is 1.81. The number of methoxy groups -OCH3 is 1. The molecular weight excluding hydrogens is 328 g/mol. The van der Waals surface area contributed by atoms with Crippen molar-refractivity contribution in [1.29, 1.82) is 0 Å². The van der Waals surface area contributed by atoms with E-state index in [-0.39, 0.29) is 29.8 Å². The first kappa shape index (κ1) is 16.7. The fraction of sp³-hybridized carbons (Fsp3) is 0.765. The zero-order valence-corrected chi connectivity index (χ0v) is 15.4. The first-order valence-corrected chi connectivity index (χ1v) is 9.26. The van der Waals surface area contributed by atoms with Crippen LogP contribution in [0.25, 0.3) is 0 Å². The van der Waals surface area contributed by atoms with E-state index in [2.05, 4.69) is 48.3 Å². The van der Waals surface area contributed by atoms with E-state index in [1.807, 2.05) is 7.11 Å². The van der Waals surface area contributed by atoms with Gasteiger partial charge in [-0.25, -0.2) is 0 Å². The third kappa shape index (κ3) is 2.56. The molecule has 0 aromatic rings. The molecule has 4 rings (SSSR count). The lowest BCUT2D eigenvalue weighted by Gasteiger charge is -2.38. The summed E-state index contributed by atoms with van der Waals surface area (Å²) in [4.78, 5) is 5.65. The van der Waals surface area contributed by atoms with Crippen LogP contribution in [0.15, 0.2) is 23.2 Å². The van der Waals surface area contributed by atoms with E-state index >= 15 is 0 Å². The minimum atomic E-state index is -0.150. The topological polar surface area (TPSA) is 66.6 Å². The number of fused-ring (bicyclic) bond motifs is 2. The molecule has 8 unspecified atom stereocenters. The lowest BCUT2D eigenvalue weighted by Crippen LogP contribution is -2.50. The van der Waals surface area contributed by atoms with Crippen LogP contribution in [0.4, 0.5) is 0 Å². The molecule has 134 valence electrons. The van der Waals surface area contributed by atoms with Crippen LogP contribution in [0.1, 0.15) is 27.2 Å². The number of hydrogen-bond acceptors (Lipinski definition) is 6. The van der Waals surface area contributed by atoms with Crippen molar-refractivity contribution in [2.45, 2.75) is 57.1 Å². The third-order valence-electron chi connectivity index (χ3n) is 5.91. The molecule has 6 nitrogen and oxygen atoms in total. The first-order chi connectivity index (χ1) is 11.5. The number of nitrogens with one attached hydrogen (secondary N) is 4. The maximum atomic E-state index is 6.59. The molecule has 0 radical (unpaired) electrons. The van der Waals surface area contributed by atoms with Gasteiger partial charge in [-0.15, -0.1) is 11.6 Å². The Morgan fingerprint density at radius 3 is 2.75 bits per heavy atom. The lowest BCUT2D eigenvalue weighted by molar-refractivity contribution is -0.00388. The smallest absolute Gasteiger partial charge is 0.110 e. The summed E-state index contributed by atoms with van der Waals surface area (Å²) < 4.78 is 5.89. The fourth-order valence-corrected chi connectivity index (χ4v) is 5.24. The highest BCUT2D eigenvalue weighted by Crippen LogP contribution is 2.45. The molecule has 0 spiro atoms. The summed E-state index contributed by atoms with van der Waals surface area (Å²) in [5.74, 6) is 2.06. The summed E-state index contributed by atoms with van der Waals surface area (Å²) in [6.07, 6.45) is 3.77. The van der Waals surface area contributed by atoms with E-state index in [1.165, 1.54) is 11.3 Å². The second-order valence-electron chi connectivity index (χ2n) is 7.42. The van der Waals surface area contributed by atoms with Crippen molar-refractivity contribution in [3.63, 3.8) is 0 Å². The Morgan fingerprint density at radius 2 is 2.08 bits per heavy atom. The van der Waals surface area contributed by atoms with Gasteiger partial charge in [0, 0.05) is 42.2 Å². The van der Waals surface area contributed by atoms with E-state index in [0.717, 1.165) is 12.2 Å². The Labute approximate surface area is 148 Å². The largest absolute Gasteiger partial charge is 0.381 e. The summed E-state index contributed by atoms with van der Waals surface area (Å²) in [5.41, 5.74) is 5.43. The van der Waals surface area contributed by atoms with Gasteiger partial charge in [0.2, 0.25) is 0 Å². The number of hydroxylamine groups is 1. The monoisotopic (exact) mass is 354 g/mol. The van der Waals surface area contributed by atoms with E-state index in [1.54, 1.807) is 0 Å². The van der Waals surface area contributed by atoms with Gasteiger partial charge in [0.05, 0.1) is 18.4 Å². The zero-order valence-electron chi connectivity index (χ0n) is 14.6. The second-order valence-corrected chi connectivity index (χ2v) is 7.86. The molecule has 1 aliphatic carbocycles. The highest BCUT2D eigenvalue weighted by atomic mass is 35.5. The summed E-state index contributed by atoms with van der Waals surface area (Å²) >= 11 is 6.59. The van der Waals surface area contributed by atoms with Crippen molar-refractivity contribution < 1.29 is 9.57 Å². The number of ether oxygens (including phenoxy) is 1. The van der Waals surface area contributed by atoms with Gasteiger partial charge in [0.15, 0.2) is 0 Å². The molecule has 8 atom stereocenters. The van der Waals surface area contributed by atoms with Gasteiger partial charge in [0.1, 0.15) is 11.3 Å². The predicted molar refractivity (Wildman–Crippen MR) is 92.6 cm³/mol. The lowest BCUT2D eigenvalue weighted by atomic mass is 9.72. The molecule has 4 N–H and O–H groups in total. The predicted octanol–water partition coefficient (Wildman–Crippen LogP) is 1.37. The first-order valence-electron chi connectivity index (χ1n) is 8.83. The number of alkyl halides is 1. The summed E-state index contributed by atoms with van der Waals surface area (Å²) in [6.45, 7) is 6.38. The zero-order chi connectivity index (χ0) is 17.0. The van der Waals surface area contributed by atoms with Gasteiger partial charge >= 0.3 is 0 Å². The van der Waals surface area contributed by atoms with E-state index in [9.17, 15) is 0 Å². The van der Waals surface area contributed by atoms with Crippen molar-refractivity contribution in [2.75, 3.05) is 7.11 Å². The quantitative estimate of drug-likeness (QED) is 0.444. The van der Waals surface area contributed by atoms with Crippen LogP contribution in [0.2, 0.25) is 0 Å². The molecule has 3 aliphatic heterocycles. The molecule has 0 saturated carbocycles. The Kier molecular flexibility index (Phi) is 4.29. The van der Waals surface area contributed by atoms with E-state index in [4.69, 9.17) is 21.2 Å². The molecule has 0 aromatic carbocycles. The van der Waals surface area contributed by atoms with Gasteiger partial charge < -0.3 is 15.4 Å². The molecular formula is C17H27ClN4O2. The molecule has 1 saturated heterocycles. The van der Waals surface area contributed by atoms with Crippen molar-refractivity contribution in [3.05, 3.63) is 23.2 Å².